The lowest BCUT2D eigenvalue weighted by atomic mass is 9.77. The third kappa shape index (κ3) is 5.46. The van der Waals surface area contributed by atoms with Crippen LogP contribution in [0.25, 0.3) is 22.6 Å². The molecule has 0 amide bonds. The van der Waals surface area contributed by atoms with E-state index in [2.05, 4.69) is 20.3 Å². The number of carboxylic acids is 1. The van der Waals surface area contributed by atoms with Gasteiger partial charge in [0.1, 0.15) is 17.1 Å². The number of benzene rings is 3. The summed E-state index contributed by atoms with van der Waals surface area (Å²) in [7, 11) is 0. The summed E-state index contributed by atoms with van der Waals surface area (Å²) >= 11 is 0. The highest BCUT2D eigenvalue weighted by Gasteiger charge is 2.42. The van der Waals surface area contributed by atoms with Crippen LogP contribution in [0.1, 0.15) is 55.7 Å². The van der Waals surface area contributed by atoms with Crippen LogP contribution < -0.4 is 5.32 Å². The highest BCUT2D eigenvalue weighted by Crippen LogP contribution is 2.45. The Morgan fingerprint density at radius 2 is 1.46 bits per heavy atom. The number of nitrogens with zero attached hydrogens (tertiary/aromatic N) is 5. The minimum absolute atomic E-state index is 0.0452. The van der Waals surface area contributed by atoms with Gasteiger partial charge in [-0.15, -0.1) is 0 Å². The number of carboxylic acid groups (broad SMARTS) is 1. The summed E-state index contributed by atoms with van der Waals surface area (Å²) in [5, 5.41) is 18.3. The topological polar surface area (TPSA) is 106 Å². The predicted molar refractivity (Wildman–Crippen MR) is 179 cm³/mol. The summed E-state index contributed by atoms with van der Waals surface area (Å²) in [5.74, 6) is -2.38. The van der Waals surface area contributed by atoms with Gasteiger partial charge in [0.25, 0.3) is 0 Å². The van der Waals surface area contributed by atoms with Crippen molar-refractivity contribution >= 4 is 22.8 Å². The zero-order valence-corrected chi connectivity index (χ0v) is 26.4. The van der Waals surface area contributed by atoms with E-state index in [1.54, 1.807) is 4.68 Å². The predicted octanol–water partition coefficient (Wildman–Crippen LogP) is 7.84. The summed E-state index contributed by atoms with van der Waals surface area (Å²) in [6.45, 7) is 2.03. The molecule has 8 nitrogen and oxygen atoms in total. The van der Waals surface area contributed by atoms with E-state index < -0.39 is 29.2 Å². The van der Waals surface area contributed by atoms with Crippen molar-refractivity contribution in [3.63, 3.8) is 0 Å². The molecule has 0 bridgehead atoms. The van der Waals surface area contributed by atoms with Gasteiger partial charge in [0.05, 0.1) is 24.2 Å². The molecule has 242 valence electrons. The van der Waals surface area contributed by atoms with E-state index in [1.807, 2.05) is 97.9 Å². The molecule has 1 atom stereocenters. The number of fused-ring (bicyclic) bond motifs is 1. The second-order valence-electron chi connectivity index (χ2n) is 12.6. The summed E-state index contributed by atoms with van der Waals surface area (Å²) in [6.07, 6.45) is 5.56. The summed E-state index contributed by atoms with van der Waals surface area (Å²) < 4.78 is 32.2. The molecule has 1 aliphatic rings. The van der Waals surface area contributed by atoms with Crippen LogP contribution in [0.15, 0.2) is 109 Å². The molecular formula is C38H34F2N6O2. The van der Waals surface area contributed by atoms with Gasteiger partial charge in [-0.2, -0.15) is 5.10 Å². The van der Waals surface area contributed by atoms with Crippen LogP contribution in [0.3, 0.4) is 0 Å². The maximum Gasteiger partial charge on any atom is 0.305 e. The molecule has 1 aliphatic carbocycles. The fourth-order valence-corrected chi connectivity index (χ4v) is 7.21. The average molecular weight is 645 g/mol. The first kappa shape index (κ1) is 31.1. The SMILES string of the molecule is CC1(C(CC(=O)O)Nc2nc(-c3nn(C(c4ccccc4)(c4ccccc4)c4ccccc4)c4ncc(F)cc34)ncc2F)CCCC1. The highest BCUT2D eigenvalue weighted by atomic mass is 19.1. The number of anilines is 1. The van der Waals surface area contributed by atoms with Crippen LogP contribution >= 0.6 is 0 Å². The van der Waals surface area contributed by atoms with E-state index in [4.69, 9.17) is 5.10 Å². The van der Waals surface area contributed by atoms with Gasteiger partial charge in [-0.25, -0.2) is 28.4 Å². The van der Waals surface area contributed by atoms with Gasteiger partial charge >= 0.3 is 5.97 Å². The normalized spacial score (nSPS) is 15.0. The van der Waals surface area contributed by atoms with Gasteiger partial charge in [0.15, 0.2) is 23.1 Å². The molecule has 3 heterocycles. The summed E-state index contributed by atoms with van der Waals surface area (Å²) in [6, 6.07) is 30.4. The standard InChI is InChI=1S/C38H34F2N6O2/c1-37(19-11-12-20-37)31(22-32(47)48)43-34-30(40)24-41-35(44-34)33-29-21-28(39)23-42-36(29)46(45-33)38(25-13-5-2-6-14-25,26-15-7-3-8-16-26)27-17-9-4-10-18-27/h2-10,13-18,21,23-24,31H,11-12,19-20,22H2,1H3,(H,47,48)(H,41,43,44). The first-order valence-electron chi connectivity index (χ1n) is 16.0. The molecule has 3 aromatic carbocycles. The number of hydrogen-bond acceptors (Lipinski definition) is 6. The van der Waals surface area contributed by atoms with Gasteiger partial charge in [-0.3, -0.25) is 4.79 Å². The van der Waals surface area contributed by atoms with Crippen molar-refractivity contribution in [2.45, 2.75) is 50.6 Å². The molecule has 10 heteroatoms. The molecule has 7 rings (SSSR count). The molecule has 48 heavy (non-hydrogen) atoms. The minimum Gasteiger partial charge on any atom is -0.481 e. The van der Waals surface area contributed by atoms with Gasteiger partial charge in [0, 0.05) is 6.04 Å². The zero-order chi connectivity index (χ0) is 33.3. The minimum atomic E-state index is -1.07. The summed E-state index contributed by atoms with van der Waals surface area (Å²) in [5.41, 5.74) is 1.80. The lowest BCUT2D eigenvalue weighted by Gasteiger charge is -2.36. The number of carbonyl (C=O) groups is 1. The van der Waals surface area contributed by atoms with Crippen molar-refractivity contribution in [2.24, 2.45) is 5.41 Å². The molecular weight excluding hydrogens is 610 g/mol. The lowest BCUT2D eigenvalue weighted by molar-refractivity contribution is -0.137. The molecule has 2 N–H and O–H groups in total. The van der Waals surface area contributed by atoms with Crippen molar-refractivity contribution in [1.29, 1.82) is 0 Å². The fraction of sp³-hybridized carbons (Fsp3) is 0.237. The molecule has 3 aromatic heterocycles. The number of aliphatic carboxylic acids is 1. The van der Waals surface area contributed by atoms with E-state index in [0.717, 1.165) is 54.8 Å². The van der Waals surface area contributed by atoms with E-state index >= 15 is 4.39 Å². The molecule has 0 saturated heterocycles. The number of halogens is 2. The first-order chi connectivity index (χ1) is 23.3. The molecule has 1 unspecified atom stereocenters. The third-order valence-electron chi connectivity index (χ3n) is 9.61. The number of pyridine rings is 1. The van der Waals surface area contributed by atoms with Gasteiger partial charge < -0.3 is 10.4 Å². The van der Waals surface area contributed by atoms with Crippen LogP contribution in [0.5, 0.6) is 0 Å². The Balaban J connectivity index is 1.46. The maximum absolute atomic E-state index is 15.4. The van der Waals surface area contributed by atoms with Crippen LogP contribution in [0.4, 0.5) is 14.6 Å². The van der Waals surface area contributed by atoms with Gasteiger partial charge in [-0.05, 0) is 41.0 Å². The number of aromatic nitrogens is 5. The Bertz CT molecular complexity index is 1970. The summed E-state index contributed by atoms with van der Waals surface area (Å²) in [4.78, 5) is 25.3. The van der Waals surface area contributed by atoms with Crippen molar-refractivity contribution in [3.8, 4) is 11.5 Å². The molecule has 0 radical (unpaired) electrons. The molecule has 0 spiro atoms. The quantitative estimate of drug-likeness (QED) is 0.146. The van der Waals surface area contributed by atoms with Crippen LogP contribution in [0.2, 0.25) is 0 Å². The van der Waals surface area contributed by atoms with E-state index in [0.29, 0.717) is 11.0 Å². The molecule has 1 fully saturated rings. The Morgan fingerprint density at radius 3 is 2.00 bits per heavy atom. The van der Waals surface area contributed by atoms with Crippen LogP contribution in [-0.4, -0.2) is 41.9 Å². The second kappa shape index (κ2) is 12.6. The van der Waals surface area contributed by atoms with Gasteiger partial charge in [0.2, 0.25) is 0 Å². The Labute approximate surface area is 276 Å². The molecule has 1 saturated carbocycles. The smallest absolute Gasteiger partial charge is 0.305 e. The monoisotopic (exact) mass is 644 g/mol. The zero-order valence-electron chi connectivity index (χ0n) is 26.4. The van der Waals surface area contributed by atoms with Crippen molar-refractivity contribution in [3.05, 3.63) is 138 Å². The fourth-order valence-electron chi connectivity index (χ4n) is 7.21. The second-order valence-corrected chi connectivity index (χ2v) is 12.6. The van der Waals surface area contributed by atoms with Crippen molar-refractivity contribution in [2.75, 3.05) is 5.32 Å². The van der Waals surface area contributed by atoms with E-state index in [1.165, 1.54) is 6.07 Å². The Kier molecular flexibility index (Phi) is 8.16. The number of hydrogen-bond donors (Lipinski definition) is 2. The van der Waals surface area contributed by atoms with E-state index in [-0.39, 0.29) is 29.2 Å². The maximum atomic E-state index is 15.4. The van der Waals surface area contributed by atoms with Crippen molar-refractivity contribution < 1.29 is 18.7 Å². The van der Waals surface area contributed by atoms with E-state index in [9.17, 15) is 14.3 Å². The lowest BCUT2D eigenvalue weighted by Crippen LogP contribution is -2.39. The number of rotatable bonds is 10. The molecule has 6 aromatic rings. The largest absolute Gasteiger partial charge is 0.481 e. The molecule has 0 aliphatic heterocycles. The average Bonchev–Trinajstić information content (AvgIpc) is 3.72. The van der Waals surface area contributed by atoms with Crippen LogP contribution in [0, 0.1) is 17.0 Å². The highest BCUT2D eigenvalue weighted by molar-refractivity contribution is 5.90. The number of nitrogens with one attached hydrogen (secondary N) is 1. The third-order valence-corrected chi connectivity index (χ3v) is 9.61. The Morgan fingerprint density at radius 1 is 0.896 bits per heavy atom. The van der Waals surface area contributed by atoms with Crippen LogP contribution in [-0.2, 0) is 10.3 Å². The van der Waals surface area contributed by atoms with Gasteiger partial charge in [-0.1, -0.05) is 111 Å². The Hall–Kier alpha value is -5.51. The first-order valence-corrected chi connectivity index (χ1v) is 16.0. The van der Waals surface area contributed by atoms with Crippen molar-refractivity contribution in [1.82, 2.24) is 24.7 Å².